The minimum absolute atomic E-state index is 0.0462. The fourth-order valence-corrected chi connectivity index (χ4v) is 3.23. The van der Waals surface area contributed by atoms with Crippen LogP contribution in [0.1, 0.15) is 86.5 Å². The molecule has 2 N–H and O–H groups in total. The van der Waals surface area contributed by atoms with Crippen LogP contribution in [0.5, 0.6) is 0 Å². The number of hydrogen-bond donors (Lipinski definition) is 2. The van der Waals surface area contributed by atoms with Crippen LogP contribution in [0.3, 0.4) is 0 Å². The van der Waals surface area contributed by atoms with Gasteiger partial charge in [-0.3, -0.25) is 9.59 Å². The molecule has 4 nitrogen and oxygen atoms in total. The topological polar surface area (TPSA) is 66.4 Å². The number of carbonyl (C=O) groups is 2. The second kappa shape index (κ2) is 12.5. The predicted octanol–water partition coefficient (Wildman–Crippen LogP) is 6.11. The van der Waals surface area contributed by atoms with Crippen LogP contribution in [0.2, 0.25) is 0 Å². The van der Waals surface area contributed by atoms with E-state index < -0.39 is 11.6 Å². The summed E-state index contributed by atoms with van der Waals surface area (Å²) in [6, 6.07) is 0. The van der Waals surface area contributed by atoms with E-state index in [0.29, 0.717) is 30.2 Å². The Hall–Kier alpha value is -2.10. The van der Waals surface area contributed by atoms with Gasteiger partial charge >= 0.3 is 0 Å². The summed E-state index contributed by atoms with van der Waals surface area (Å²) in [6.45, 7) is 13.1. The zero-order valence-corrected chi connectivity index (χ0v) is 19.2. The van der Waals surface area contributed by atoms with Gasteiger partial charge in [-0.1, -0.05) is 56.9 Å². The first kappa shape index (κ1) is 24.9. The molecule has 0 bridgehead atoms. The number of nitrogens with one attached hydrogen (secondary N) is 1. The van der Waals surface area contributed by atoms with Crippen molar-refractivity contribution in [2.24, 2.45) is 5.92 Å². The Bertz CT molecular complexity index is 716. The normalized spacial score (nSPS) is 15.5. The third kappa shape index (κ3) is 8.04. The molecule has 29 heavy (non-hydrogen) atoms. The lowest BCUT2D eigenvalue weighted by atomic mass is 9.87. The molecular weight excluding hydrogens is 362 g/mol. The van der Waals surface area contributed by atoms with Crippen LogP contribution in [-0.4, -0.2) is 23.2 Å². The Balaban J connectivity index is 3.11. The highest BCUT2D eigenvalue weighted by Crippen LogP contribution is 2.29. The van der Waals surface area contributed by atoms with Gasteiger partial charge in [-0.2, -0.15) is 0 Å². The lowest BCUT2D eigenvalue weighted by molar-refractivity contribution is -0.132. The second-order valence-electron chi connectivity index (χ2n) is 8.65. The maximum Gasteiger partial charge on any atom is 0.233 e. The predicted molar refractivity (Wildman–Crippen MR) is 121 cm³/mol. The third-order valence-corrected chi connectivity index (χ3v) is 5.04. The average Bonchev–Trinajstić information content (AvgIpc) is 2.64. The van der Waals surface area contributed by atoms with Crippen molar-refractivity contribution in [2.45, 2.75) is 86.5 Å². The maximum absolute atomic E-state index is 12.8. The molecule has 0 spiro atoms. The molecule has 0 saturated carbocycles. The van der Waals surface area contributed by atoms with E-state index in [2.05, 4.69) is 46.0 Å². The van der Waals surface area contributed by atoms with Crippen molar-refractivity contribution in [3.8, 4) is 0 Å². The van der Waals surface area contributed by atoms with Crippen molar-refractivity contribution in [2.75, 3.05) is 6.54 Å². The van der Waals surface area contributed by atoms with Gasteiger partial charge in [0.25, 0.3) is 0 Å². The molecular formula is C25H39NO3. The van der Waals surface area contributed by atoms with Crippen LogP contribution >= 0.6 is 0 Å². The first-order chi connectivity index (χ1) is 13.7. The Morgan fingerprint density at radius 3 is 2.28 bits per heavy atom. The molecule has 1 aliphatic rings. The number of allylic oxidation sites excluding steroid dienone is 6. The molecule has 1 aliphatic carbocycles. The molecule has 0 saturated heterocycles. The second-order valence-corrected chi connectivity index (χ2v) is 8.65. The number of Topliss-reactive ketones (excluding diaryl/α,β-unsaturated/α-hetero) is 2. The number of aliphatic hydroxyl groups is 1. The van der Waals surface area contributed by atoms with Crippen molar-refractivity contribution in [1.82, 2.24) is 5.32 Å². The third-order valence-electron chi connectivity index (χ3n) is 5.04. The first-order valence-corrected chi connectivity index (χ1v) is 11.0. The van der Waals surface area contributed by atoms with Crippen LogP contribution in [0.15, 0.2) is 45.9 Å². The number of ketones is 2. The van der Waals surface area contributed by atoms with Crippen molar-refractivity contribution in [3.63, 3.8) is 0 Å². The van der Waals surface area contributed by atoms with E-state index in [1.54, 1.807) is 0 Å². The molecule has 0 atom stereocenters. The molecule has 162 valence electrons. The van der Waals surface area contributed by atoms with Gasteiger partial charge < -0.3 is 10.4 Å². The van der Waals surface area contributed by atoms with Crippen LogP contribution in [-0.2, 0) is 9.59 Å². The van der Waals surface area contributed by atoms with Crippen LogP contribution in [0.4, 0.5) is 0 Å². The molecule has 0 aromatic rings. The summed E-state index contributed by atoms with van der Waals surface area (Å²) < 4.78 is 0. The smallest absolute Gasteiger partial charge is 0.233 e. The molecule has 0 aromatic heterocycles. The highest BCUT2D eigenvalue weighted by Gasteiger charge is 2.34. The summed E-state index contributed by atoms with van der Waals surface area (Å²) in [7, 11) is 0. The first-order valence-electron chi connectivity index (χ1n) is 11.0. The van der Waals surface area contributed by atoms with Gasteiger partial charge in [0.1, 0.15) is 5.76 Å². The van der Waals surface area contributed by atoms with Crippen molar-refractivity contribution in [3.05, 3.63) is 45.9 Å². The molecule has 0 unspecified atom stereocenters. The molecule has 4 heteroatoms. The lowest BCUT2D eigenvalue weighted by Gasteiger charge is -2.23. The minimum Gasteiger partial charge on any atom is -0.505 e. The lowest BCUT2D eigenvalue weighted by Crippen LogP contribution is -2.32. The zero-order valence-electron chi connectivity index (χ0n) is 19.2. The van der Waals surface area contributed by atoms with Gasteiger partial charge in [-0.05, 0) is 58.8 Å². The summed E-state index contributed by atoms with van der Waals surface area (Å²) in [5.74, 6) is -0.705. The van der Waals surface area contributed by atoms with E-state index in [9.17, 15) is 14.7 Å². The van der Waals surface area contributed by atoms with Crippen LogP contribution in [0, 0.1) is 5.92 Å². The average molecular weight is 402 g/mol. The SMILES string of the molecule is CCCCCC1=C(NCC(C)C)C(O)=C(C/C=C(\C)CCC=C(C)C)C(=O)C1=O. The molecule has 0 amide bonds. The zero-order chi connectivity index (χ0) is 22.0. The molecule has 0 radical (unpaired) electrons. The number of aliphatic hydroxyl groups excluding tert-OH is 1. The minimum atomic E-state index is -0.558. The molecule has 0 aliphatic heterocycles. The van der Waals surface area contributed by atoms with Crippen LogP contribution in [0.25, 0.3) is 0 Å². The Kier molecular flexibility index (Phi) is 10.7. The quantitative estimate of drug-likeness (QED) is 0.179. The Morgan fingerprint density at radius 1 is 1.03 bits per heavy atom. The maximum atomic E-state index is 12.8. The Labute approximate surface area is 176 Å². The molecule has 1 rings (SSSR count). The Morgan fingerprint density at radius 2 is 1.69 bits per heavy atom. The van der Waals surface area contributed by atoms with E-state index in [0.717, 1.165) is 37.7 Å². The van der Waals surface area contributed by atoms with Gasteiger partial charge in [-0.25, -0.2) is 0 Å². The van der Waals surface area contributed by atoms with Gasteiger partial charge in [-0.15, -0.1) is 0 Å². The monoisotopic (exact) mass is 401 g/mol. The van der Waals surface area contributed by atoms with E-state index in [1.807, 2.05) is 13.0 Å². The number of hydrogen-bond acceptors (Lipinski definition) is 4. The summed E-state index contributed by atoms with van der Waals surface area (Å²) >= 11 is 0. The van der Waals surface area contributed by atoms with E-state index in [4.69, 9.17) is 0 Å². The standard InChI is InChI=1S/C25H39NO3/c1-7-8-9-13-20-22(26-16-18(4)5)23(27)21(25(29)24(20)28)15-14-19(6)12-10-11-17(2)3/h11,14,18,26-27H,7-10,12-13,15-16H2,1-6H3/b19-14+. The number of unbranched alkanes of at least 4 members (excludes halogenated alkanes) is 2. The van der Waals surface area contributed by atoms with Crippen LogP contribution < -0.4 is 5.32 Å². The van der Waals surface area contributed by atoms with Gasteiger partial charge in [0, 0.05) is 12.1 Å². The summed E-state index contributed by atoms with van der Waals surface area (Å²) in [4.78, 5) is 25.5. The van der Waals surface area contributed by atoms with Gasteiger partial charge in [0.2, 0.25) is 11.6 Å². The molecule has 0 fully saturated rings. The highest BCUT2D eigenvalue weighted by atomic mass is 16.3. The van der Waals surface area contributed by atoms with Crippen molar-refractivity contribution in [1.29, 1.82) is 0 Å². The van der Waals surface area contributed by atoms with Gasteiger partial charge in [0.05, 0.1) is 11.3 Å². The number of carbonyl (C=O) groups excluding carboxylic acids is 2. The van der Waals surface area contributed by atoms with Crippen molar-refractivity contribution >= 4 is 11.6 Å². The fourth-order valence-electron chi connectivity index (χ4n) is 3.23. The highest BCUT2D eigenvalue weighted by molar-refractivity contribution is 6.50. The molecule has 0 aromatic carbocycles. The summed E-state index contributed by atoms with van der Waals surface area (Å²) in [5.41, 5.74) is 3.55. The fraction of sp³-hybridized carbons (Fsp3) is 0.600. The molecule has 0 heterocycles. The van der Waals surface area contributed by atoms with Gasteiger partial charge in [0.15, 0.2) is 0 Å². The van der Waals surface area contributed by atoms with E-state index >= 15 is 0 Å². The summed E-state index contributed by atoms with van der Waals surface area (Å²) in [6.07, 6.45) is 9.66. The van der Waals surface area contributed by atoms with E-state index in [1.165, 1.54) is 5.57 Å². The number of rotatable bonds is 12. The van der Waals surface area contributed by atoms with Crippen molar-refractivity contribution < 1.29 is 14.7 Å². The summed E-state index contributed by atoms with van der Waals surface area (Å²) in [5, 5.41) is 14.1. The largest absolute Gasteiger partial charge is 0.505 e. The van der Waals surface area contributed by atoms with E-state index in [-0.39, 0.29) is 17.8 Å².